The highest BCUT2D eigenvalue weighted by molar-refractivity contribution is 8.35. The van der Waals surface area contributed by atoms with Gasteiger partial charge in [0.15, 0.2) is 0 Å². The van der Waals surface area contributed by atoms with Crippen LogP contribution in [0.15, 0.2) is 19.6 Å². The molecule has 0 aliphatic heterocycles. The van der Waals surface area contributed by atoms with Crippen LogP contribution in [0.2, 0.25) is 0 Å². The number of aromatic nitrogens is 6. The van der Waals surface area contributed by atoms with Crippen molar-refractivity contribution in [3.8, 4) is 11.4 Å². The Balaban J connectivity index is 1.43. The van der Waals surface area contributed by atoms with Crippen LogP contribution in [0.1, 0.15) is 0 Å². The van der Waals surface area contributed by atoms with Crippen molar-refractivity contribution in [3.63, 3.8) is 0 Å². The minimum absolute atomic E-state index is 0.0241. The van der Waals surface area contributed by atoms with Crippen molar-refractivity contribution in [2.75, 3.05) is 0 Å². The predicted octanol–water partition coefficient (Wildman–Crippen LogP) is -28.5. The number of rotatable bonds is 6. The Bertz CT molecular complexity index is 5100. The maximum absolute atomic E-state index is 7.94. The summed E-state index contributed by atoms with van der Waals surface area (Å²) in [6.45, 7) is 0. The van der Waals surface area contributed by atoms with Gasteiger partial charge in [-0.15, -0.1) is 97.4 Å². The lowest BCUT2D eigenvalue weighted by atomic mass is 9.62. The van der Waals surface area contributed by atoms with Gasteiger partial charge in [0.05, 0.1) is 44.1 Å². The van der Waals surface area contributed by atoms with Crippen LogP contribution in [0.3, 0.4) is 0 Å². The van der Waals surface area contributed by atoms with Crippen molar-refractivity contribution >= 4 is 518 Å². The van der Waals surface area contributed by atoms with Gasteiger partial charge in [-0.25, -0.2) is 9.97 Å². The van der Waals surface area contributed by atoms with Crippen molar-refractivity contribution in [2.45, 2.75) is 19.6 Å². The number of hydrogen-bond donors (Lipinski definition) is 0. The van der Waals surface area contributed by atoms with Gasteiger partial charge in [0.2, 0.25) is 11.6 Å². The summed E-state index contributed by atoms with van der Waals surface area (Å²) in [6.07, 6.45) is 0. The third-order valence-electron chi connectivity index (χ3n) is 17.1. The zero-order chi connectivity index (χ0) is 67.1. The van der Waals surface area contributed by atoms with Crippen molar-refractivity contribution in [2.24, 2.45) is 0 Å². The Kier molecular flexibility index (Phi) is 15.9. The Morgan fingerprint density at radius 3 is 0.626 bits per heavy atom. The number of fused-ring (bicyclic) bond motifs is 10. The van der Waals surface area contributed by atoms with E-state index in [9.17, 15) is 0 Å². The number of benzene rings is 8. The predicted molar refractivity (Wildman–Crippen MR) is 416 cm³/mol. The molecule has 0 N–H and O–H groups in total. The van der Waals surface area contributed by atoms with Crippen LogP contribution in [0, 0.1) is 0 Å². The molecular formula is C50B34N6S. The second-order valence-electron chi connectivity index (χ2n) is 21.6. The van der Waals surface area contributed by atoms with E-state index < -0.39 is 117 Å². The molecule has 68 radical (unpaired) electrons. The molecule has 12 aromatic rings. The van der Waals surface area contributed by atoms with Crippen LogP contribution in [-0.2, 0) is 0 Å². The summed E-state index contributed by atoms with van der Waals surface area (Å²) < 4.78 is 5.38. The molecule has 0 unspecified atom stereocenters. The zero-order valence-corrected chi connectivity index (χ0v) is 48.5. The molecule has 0 aliphatic carbocycles. The van der Waals surface area contributed by atoms with Crippen LogP contribution in [0.5, 0.6) is 0 Å². The maximum atomic E-state index is 7.94. The Hall–Kier alpha value is -5.14. The van der Waals surface area contributed by atoms with Crippen LogP contribution >= 0.6 is 10.0 Å². The standard InChI is InChI=1S/C50B34N6S/c51-1-11(61)27(77)45(28(78)12(1)62)91(46-29(79)13(63)2(52)14(64)30(46)80,47-31(81)15(65)19(69)37(33(47)83)87-41-23(73)7(57)9(59)25(75)43(41)89-39-21(71)5(55)3(53)17(67)35(39)85-49(87)89)48-32(82)16(66)20(70)38(34(48)84)88-42-24(74)8(58)10(60)26(76)44(42)90-40-22(72)6(56)4(54)18(68)36(40)86-50(88)90. The van der Waals surface area contributed by atoms with E-state index >= 15 is 0 Å². The normalized spacial score (nSPS) is 12.3. The molecule has 8 aromatic carbocycles. The second-order valence-corrected chi connectivity index (χ2v) is 24.5. The minimum Gasteiger partial charge on any atom is -0.280 e. The van der Waals surface area contributed by atoms with E-state index in [-0.39, 0.29) is 165 Å². The lowest BCUT2D eigenvalue weighted by Gasteiger charge is -2.53. The molecule has 91 heavy (non-hydrogen) atoms. The van der Waals surface area contributed by atoms with Crippen LogP contribution < -0.4 is 186 Å². The average Bonchev–Trinajstić information content (AvgIpc) is 1.59. The molecule has 338 valence electrons. The molecule has 6 nitrogen and oxygen atoms in total. The molecule has 0 spiro atoms. The Morgan fingerprint density at radius 1 is 0.176 bits per heavy atom. The van der Waals surface area contributed by atoms with Crippen molar-refractivity contribution in [1.29, 1.82) is 0 Å². The van der Waals surface area contributed by atoms with Crippen LogP contribution in [0.25, 0.3) is 67.1 Å². The van der Waals surface area contributed by atoms with E-state index in [1.807, 2.05) is 0 Å². The van der Waals surface area contributed by atoms with Crippen molar-refractivity contribution in [3.05, 3.63) is 0 Å². The summed E-state index contributed by atoms with van der Waals surface area (Å²) in [5.74, 6) is -0.387. The Morgan fingerprint density at radius 2 is 0.363 bits per heavy atom. The SMILES string of the molecule is [B]c1c([B])c([B])c(S(c2c([B])c([B])c([B])c([B])c2[B])(c2c([B])c([B])c([B])c(-n3c4c([B])c([B])c([B])c([B])c4n4c5c([B])c([B])c([B])c([B])c5nc34)c2[B])c2c([B])c([B])c([B])c(-n3c4c([B])c([B])c([B])c([B])c4n4c5c([B])c([B])c([B])c([B])c5nc34)c2[B])c([B])c1[B]. The van der Waals surface area contributed by atoms with E-state index in [1.165, 1.54) is 17.9 Å². The highest BCUT2D eigenvalue weighted by Gasteiger charge is 2.45. The third kappa shape index (κ3) is 8.18. The van der Waals surface area contributed by atoms with Gasteiger partial charge < -0.3 is 0 Å². The molecule has 0 amide bonds. The molecule has 0 fully saturated rings. The smallest absolute Gasteiger partial charge is 0.220 e. The molecule has 4 heterocycles. The highest BCUT2D eigenvalue weighted by Crippen LogP contribution is 2.69. The molecule has 0 saturated carbocycles. The average molecular weight is 1080 g/mol. The zero-order valence-electron chi connectivity index (χ0n) is 47.7. The van der Waals surface area contributed by atoms with Crippen LogP contribution in [0.4, 0.5) is 0 Å². The first-order chi connectivity index (χ1) is 42.4. The summed E-state index contributed by atoms with van der Waals surface area (Å²) in [6, 6.07) is 0. The van der Waals surface area contributed by atoms with Crippen molar-refractivity contribution < 1.29 is 0 Å². The monoisotopic (exact) mass is 1090 g/mol. The number of hydrogen-bond acceptors (Lipinski definition) is 2. The van der Waals surface area contributed by atoms with Gasteiger partial charge in [-0.3, -0.25) is 17.9 Å². The molecule has 0 aliphatic rings. The summed E-state index contributed by atoms with van der Waals surface area (Å²) in [5, 5.41) is 0. The van der Waals surface area contributed by atoms with Gasteiger partial charge in [0.25, 0.3) is 0 Å². The van der Waals surface area contributed by atoms with Gasteiger partial charge in [-0.05, 0) is 19.6 Å². The fourth-order valence-corrected chi connectivity index (χ4v) is 17.0. The van der Waals surface area contributed by atoms with E-state index in [0.717, 1.165) is 0 Å². The fraction of sp³-hybridized carbons (Fsp3) is 0. The molecule has 0 atom stereocenters. The topological polar surface area (TPSA) is 44.5 Å². The number of imidazole rings is 4. The summed E-state index contributed by atoms with van der Waals surface area (Å²) in [7, 11) is 233. The molecule has 41 heteroatoms. The summed E-state index contributed by atoms with van der Waals surface area (Å²) in [5.41, 5.74) is -12.1. The molecule has 0 saturated heterocycles. The fourth-order valence-electron chi connectivity index (χ4n) is 12.3. The third-order valence-corrected chi connectivity index (χ3v) is 21.3. The van der Waals surface area contributed by atoms with Gasteiger partial charge in [0.1, 0.15) is 267 Å². The summed E-state index contributed by atoms with van der Waals surface area (Å²) >= 11 is 0. The van der Waals surface area contributed by atoms with Crippen LogP contribution in [-0.4, -0.2) is 295 Å². The lowest BCUT2D eigenvalue weighted by Crippen LogP contribution is -2.61. The van der Waals surface area contributed by atoms with Gasteiger partial charge >= 0.3 is 0 Å². The largest absolute Gasteiger partial charge is 0.280 e. The summed E-state index contributed by atoms with van der Waals surface area (Å²) in [4.78, 5) is 8.17. The molecular weight excluding hydrogens is 1080 g/mol. The van der Waals surface area contributed by atoms with E-state index in [4.69, 9.17) is 277 Å². The second kappa shape index (κ2) is 22.0. The van der Waals surface area contributed by atoms with Crippen molar-refractivity contribution in [1.82, 2.24) is 27.9 Å². The first-order valence-corrected chi connectivity index (χ1v) is 27.8. The lowest BCUT2D eigenvalue weighted by molar-refractivity contribution is 1.12. The maximum Gasteiger partial charge on any atom is 0.220 e. The minimum atomic E-state index is -4.69. The molecule has 12 rings (SSSR count). The van der Waals surface area contributed by atoms with E-state index in [0.29, 0.717) is 0 Å². The van der Waals surface area contributed by atoms with Gasteiger partial charge in [-0.1, -0.05) is 98.3 Å². The van der Waals surface area contributed by atoms with Gasteiger partial charge in [-0.2, -0.15) is 0 Å². The molecule has 4 aromatic heterocycles. The first-order valence-electron chi connectivity index (χ1n) is 26.2. The quantitative estimate of drug-likeness (QED) is 0.156. The number of nitrogens with zero attached hydrogens (tertiary/aromatic N) is 6. The highest BCUT2D eigenvalue weighted by atomic mass is 32.3. The first kappa shape index (κ1) is 65.9. The van der Waals surface area contributed by atoms with E-state index in [1.54, 1.807) is 0 Å². The Labute approximate surface area is 572 Å². The molecule has 0 bridgehead atoms. The van der Waals surface area contributed by atoms with Gasteiger partial charge in [0, 0.05) is 11.4 Å². The van der Waals surface area contributed by atoms with E-state index in [2.05, 4.69) is 0 Å².